The van der Waals surface area contributed by atoms with E-state index >= 15 is 0 Å². The van der Waals surface area contributed by atoms with Crippen molar-refractivity contribution >= 4 is 17.6 Å². The quantitative estimate of drug-likeness (QED) is 0.519. The maximum Gasteiger partial charge on any atom is 0.335 e. The second-order valence-corrected chi connectivity index (χ2v) is 4.50. The van der Waals surface area contributed by atoms with E-state index in [9.17, 15) is 9.59 Å². The molecule has 1 aromatic carbocycles. The van der Waals surface area contributed by atoms with Crippen molar-refractivity contribution in [3.63, 3.8) is 0 Å². The van der Waals surface area contributed by atoms with E-state index in [0.29, 0.717) is 6.54 Å². The van der Waals surface area contributed by atoms with Crippen molar-refractivity contribution in [2.75, 3.05) is 24.7 Å². The molecule has 0 fully saturated rings. The van der Waals surface area contributed by atoms with Crippen LogP contribution in [0, 0.1) is 0 Å². The van der Waals surface area contributed by atoms with Gasteiger partial charge >= 0.3 is 5.97 Å². The van der Waals surface area contributed by atoms with Crippen LogP contribution < -0.4 is 4.90 Å². The van der Waals surface area contributed by atoms with E-state index in [1.54, 1.807) is 25.1 Å². The Kier molecular flexibility index (Phi) is 7.64. The Morgan fingerprint density at radius 1 is 1.23 bits per heavy atom. The Labute approximate surface area is 130 Å². The lowest BCUT2D eigenvalue weighted by molar-refractivity contribution is -0.157. The van der Waals surface area contributed by atoms with Crippen LogP contribution in [0.25, 0.3) is 0 Å². The third-order valence-electron chi connectivity index (χ3n) is 2.81. The molecule has 0 heterocycles. The minimum absolute atomic E-state index is 0.247. The van der Waals surface area contributed by atoms with Gasteiger partial charge in [0.15, 0.2) is 12.7 Å². The van der Waals surface area contributed by atoms with Gasteiger partial charge in [0.2, 0.25) is 0 Å². The van der Waals surface area contributed by atoms with Crippen LogP contribution in [0.15, 0.2) is 55.6 Å². The lowest BCUT2D eigenvalue weighted by Crippen LogP contribution is -2.36. The van der Waals surface area contributed by atoms with E-state index in [1.165, 1.54) is 11.0 Å². The van der Waals surface area contributed by atoms with E-state index in [-0.39, 0.29) is 19.1 Å². The second kappa shape index (κ2) is 9.52. The van der Waals surface area contributed by atoms with E-state index in [0.717, 1.165) is 5.69 Å². The smallest absolute Gasteiger partial charge is 0.335 e. The highest BCUT2D eigenvalue weighted by Crippen LogP contribution is 2.13. The minimum Gasteiger partial charge on any atom is -0.454 e. The molecule has 1 unspecified atom stereocenters. The molecule has 0 spiro atoms. The van der Waals surface area contributed by atoms with Crippen molar-refractivity contribution in [3.8, 4) is 0 Å². The SMILES string of the molecule is C=CCOC(C)C(=O)OCC(=O)N(CC=C)c1ccccc1. The molecule has 5 heteroatoms. The van der Waals surface area contributed by atoms with Crippen LogP contribution in [-0.2, 0) is 19.1 Å². The number of rotatable bonds is 9. The van der Waals surface area contributed by atoms with Crippen molar-refractivity contribution in [2.24, 2.45) is 0 Å². The van der Waals surface area contributed by atoms with Crippen LogP contribution in [0.4, 0.5) is 5.69 Å². The molecule has 0 radical (unpaired) electrons. The molecule has 0 saturated carbocycles. The van der Waals surface area contributed by atoms with Gasteiger partial charge in [0.25, 0.3) is 5.91 Å². The van der Waals surface area contributed by atoms with Crippen LogP contribution in [0.2, 0.25) is 0 Å². The molecule has 0 aliphatic rings. The number of carbonyl (C=O) groups excluding carboxylic acids is 2. The molecular weight excluding hydrogens is 282 g/mol. The molecule has 0 aromatic heterocycles. The van der Waals surface area contributed by atoms with Crippen molar-refractivity contribution < 1.29 is 19.1 Å². The summed E-state index contributed by atoms with van der Waals surface area (Å²) in [5.41, 5.74) is 0.722. The third kappa shape index (κ3) is 5.54. The standard InChI is InChI=1S/C17H21NO4/c1-4-11-18(15-9-7-6-8-10-15)16(19)13-22-17(20)14(3)21-12-5-2/h4-10,14H,1-2,11-13H2,3H3. The zero-order chi connectivity index (χ0) is 16.4. The maximum atomic E-state index is 12.2. The lowest BCUT2D eigenvalue weighted by atomic mass is 10.3. The van der Waals surface area contributed by atoms with Crippen molar-refractivity contribution in [1.29, 1.82) is 0 Å². The number of amides is 1. The monoisotopic (exact) mass is 303 g/mol. The average Bonchev–Trinajstić information content (AvgIpc) is 2.55. The molecule has 1 atom stereocenters. The van der Waals surface area contributed by atoms with E-state index < -0.39 is 12.1 Å². The molecule has 1 amide bonds. The summed E-state index contributed by atoms with van der Waals surface area (Å²) < 4.78 is 10.1. The molecule has 0 aliphatic carbocycles. The summed E-state index contributed by atoms with van der Waals surface area (Å²) in [6.45, 7) is 8.93. The Balaban J connectivity index is 2.59. The van der Waals surface area contributed by atoms with E-state index in [1.807, 2.05) is 18.2 Å². The first-order valence-corrected chi connectivity index (χ1v) is 6.95. The molecule has 1 rings (SSSR count). The van der Waals surface area contributed by atoms with E-state index in [4.69, 9.17) is 9.47 Å². The molecule has 0 N–H and O–H groups in total. The summed E-state index contributed by atoms with van der Waals surface area (Å²) in [6.07, 6.45) is 2.41. The number of hydrogen-bond donors (Lipinski definition) is 0. The predicted octanol–water partition coefficient (Wildman–Crippen LogP) is 2.34. The van der Waals surface area contributed by atoms with Crippen molar-refractivity contribution in [2.45, 2.75) is 13.0 Å². The molecule has 22 heavy (non-hydrogen) atoms. The summed E-state index contributed by atoms with van der Waals surface area (Å²) >= 11 is 0. The largest absolute Gasteiger partial charge is 0.454 e. The zero-order valence-electron chi connectivity index (χ0n) is 12.7. The van der Waals surface area contributed by atoms with Gasteiger partial charge in [-0.25, -0.2) is 4.79 Å². The van der Waals surface area contributed by atoms with Crippen LogP contribution in [-0.4, -0.2) is 37.7 Å². The second-order valence-electron chi connectivity index (χ2n) is 4.50. The first kappa shape index (κ1) is 17.7. The Hall–Kier alpha value is -2.40. The van der Waals surface area contributed by atoms with Gasteiger partial charge in [-0.05, 0) is 19.1 Å². The van der Waals surface area contributed by atoms with Crippen LogP contribution in [0.1, 0.15) is 6.92 Å². The lowest BCUT2D eigenvalue weighted by Gasteiger charge is -2.21. The molecule has 0 bridgehead atoms. The number of ether oxygens (including phenoxy) is 2. The zero-order valence-corrected chi connectivity index (χ0v) is 12.7. The molecule has 5 nitrogen and oxygen atoms in total. The van der Waals surface area contributed by atoms with Gasteiger partial charge in [0.1, 0.15) is 0 Å². The van der Waals surface area contributed by atoms with Crippen LogP contribution in [0.5, 0.6) is 0 Å². The molecule has 0 aliphatic heterocycles. The first-order chi connectivity index (χ1) is 10.6. The number of anilines is 1. The summed E-state index contributed by atoms with van der Waals surface area (Å²) in [7, 11) is 0. The highest BCUT2D eigenvalue weighted by molar-refractivity contribution is 5.95. The predicted molar refractivity (Wildman–Crippen MR) is 85.6 cm³/mol. The summed E-state index contributed by atoms with van der Waals surface area (Å²) in [5, 5.41) is 0. The number of hydrogen-bond acceptors (Lipinski definition) is 4. The normalized spacial score (nSPS) is 11.3. The molecule has 118 valence electrons. The Morgan fingerprint density at radius 2 is 1.91 bits per heavy atom. The van der Waals surface area contributed by atoms with E-state index in [2.05, 4.69) is 13.2 Å². The molecular formula is C17H21NO4. The summed E-state index contributed by atoms with van der Waals surface area (Å²) in [4.78, 5) is 25.4. The topological polar surface area (TPSA) is 55.8 Å². The van der Waals surface area contributed by atoms with Gasteiger partial charge in [0.05, 0.1) is 6.61 Å². The van der Waals surface area contributed by atoms with Gasteiger partial charge in [0, 0.05) is 12.2 Å². The number of nitrogens with zero attached hydrogens (tertiary/aromatic N) is 1. The van der Waals surface area contributed by atoms with Crippen molar-refractivity contribution in [1.82, 2.24) is 0 Å². The highest BCUT2D eigenvalue weighted by atomic mass is 16.6. The fourth-order valence-corrected chi connectivity index (χ4v) is 1.70. The Morgan fingerprint density at radius 3 is 2.50 bits per heavy atom. The fraction of sp³-hybridized carbons (Fsp3) is 0.294. The number of para-hydroxylation sites is 1. The number of carbonyl (C=O) groups is 2. The third-order valence-corrected chi connectivity index (χ3v) is 2.81. The van der Waals surface area contributed by atoms with Gasteiger partial charge in [-0.2, -0.15) is 0 Å². The maximum absolute atomic E-state index is 12.2. The molecule has 0 saturated heterocycles. The number of esters is 1. The molecule has 1 aromatic rings. The van der Waals surface area contributed by atoms with Gasteiger partial charge in [-0.3, -0.25) is 4.79 Å². The van der Waals surface area contributed by atoms with Gasteiger partial charge in [-0.1, -0.05) is 30.4 Å². The summed E-state index contributed by atoms with van der Waals surface area (Å²) in [5.74, 6) is -0.905. The van der Waals surface area contributed by atoms with Gasteiger partial charge in [-0.15, -0.1) is 13.2 Å². The summed E-state index contributed by atoms with van der Waals surface area (Å²) in [6, 6.07) is 9.13. The highest BCUT2D eigenvalue weighted by Gasteiger charge is 2.19. The first-order valence-electron chi connectivity index (χ1n) is 6.95. The number of benzene rings is 1. The van der Waals surface area contributed by atoms with Crippen molar-refractivity contribution in [3.05, 3.63) is 55.6 Å². The fourth-order valence-electron chi connectivity index (χ4n) is 1.70. The Bertz CT molecular complexity index is 513. The van der Waals surface area contributed by atoms with Crippen LogP contribution >= 0.6 is 0 Å². The van der Waals surface area contributed by atoms with Gasteiger partial charge < -0.3 is 14.4 Å². The van der Waals surface area contributed by atoms with Crippen LogP contribution in [0.3, 0.4) is 0 Å². The average molecular weight is 303 g/mol. The minimum atomic E-state index is -0.740.